The molecule has 7 heteroatoms. The fourth-order valence-corrected chi connectivity index (χ4v) is 4.96. The van der Waals surface area contributed by atoms with Crippen molar-refractivity contribution in [1.82, 2.24) is 4.90 Å². The largest absolute Gasteiger partial charge is 0.468 e. The van der Waals surface area contributed by atoms with Crippen molar-refractivity contribution in [2.24, 2.45) is 11.3 Å². The van der Waals surface area contributed by atoms with Crippen LogP contribution in [0.5, 0.6) is 0 Å². The van der Waals surface area contributed by atoms with E-state index in [1.807, 2.05) is 30.3 Å². The van der Waals surface area contributed by atoms with Crippen molar-refractivity contribution in [2.45, 2.75) is 37.6 Å². The van der Waals surface area contributed by atoms with E-state index in [-0.39, 0.29) is 30.6 Å². The number of hydrogen-bond acceptors (Lipinski definition) is 6. The van der Waals surface area contributed by atoms with Crippen LogP contribution in [-0.4, -0.2) is 55.7 Å². The molecule has 7 nitrogen and oxygen atoms in total. The Labute approximate surface area is 157 Å². The Morgan fingerprint density at radius 2 is 1.93 bits per heavy atom. The molecule has 1 aliphatic carbocycles. The number of amides is 1. The van der Waals surface area contributed by atoms with Crippen LogP contribution in [0.25, 0.3) is 0 Å². The second kappa shape index (κ2) is 6.73. The minimum Gasteiger partial charge on any atom is -0.468 e. The molecule has 2 aliphatic heterocycles. The Morgan fingerprint density at radius 3 is 2.59 bits per heavy atom. The lowest BCUT2D eigenvalue weighted by Gasteiger charge is -2.51. The molecule has 27 heavy (non-hydrogen) atoms. The highest BCUT2D eigenvalue weighted by molar-refractivity contribution is 6.06. The smallest absolute Gasteiger partial charge is 0.324 e. The minimum atomic E-state index is -1.51. The van der Waals surface area contributed by atoms with E-state index in [2.05, 4.69) is 0 Å². The lowest BCUT2D eigenvalue weighted by atomic mass is 9.59. The van der Waals surface area contributed by atoms with Crippen molar-refractivity contribution in [3.8, 4) is 0 Å². The summed E-state index contributed by atoms with van der Waals surface area (Å²) in [7, 11) is 2.70. The molecule has 4 rings (SSSR count). The Balaban J connectivity index is 1.79. The van der Waals surface area contributed by atoms with Crippen LogP contribution in [-0.2, 0) is 28.6 Å². The summed E-state index contributed by atoms with van der Waals surface area (Å²) in [5.41, 5.74) is -0.554. The maximum atomic E-state index is 13.8. The molecule has 0 aromatic heterocycles. The van der Waals surface area contributed by atoms with Gasteiger partial charge in [-0.15, -0.1) is 0 Å². The van der Waals surface area contributed by atoms with Crippen LogP contribution in [0.1, 0.15) is 30.9 Å². The van der Waals surface area contributed by atoms with E-state index in [1.165, 1.54) is 14.2 Å². The summed E-state index contributed by atoms with van der Waals surface area (Å²) in [5, 5.41) is 0. The molecule has 2 saturated heterocycles. The number of methoxy groups -OCH3 is 2. The first kappa shape index (κ1) is 18.1. The van der Waals surface area contributed by atoms with Crippen molar-refractivity contribution in [2.75, 3.05) is 20.8 Å². The van der Waals surface area contributed by atoms with Gasteiger partial charge < -0.3 is 19.1 Å². The third kappa shape index (κ3) is 2.52. The van der Waals surface area contributed by atoms with Crippen LogP contribution < -0.4 is 0 Å². The van der Waals surface area contributed by atoms with Gasteiger partial charge in [-0.05, 0) is 17.9 Å². The maximum absolute atomic E-state index is 13.8. The van der Waals surface area contributed by atoms with Gasteiger partial charge in [0.2, 0.25) is 5.91 Å². The molecule has 1 unspecified atom stereocenters. The van der Waals surface area contributed by atoms with Gasteiger partial charge in [0, 0.05) is 20.0 Å². The third-order valence-electron chi connectivity index (χ3n) is 6.20. The fraction of sp³-hybridized carbons (Fsp3) is 0.550. The molecule has 1 amide bonds. The minimum absolute atomic E-state index is 0.00904. The number of hydrogen-bond donors (Lipinski definition) is 0. The molecule has 5 atom stereocenters. The second-order valence-electron chi connectivity index (χ2n) is 7.39. The van der Waals surface area contributed by atoms with Crippen molar-refractivity contribution in [3.63, 3.8) is 0 Å². The number of carbonyl (C=O) groups is 3. The normalized spacial score (nSPS) is 35.6. The summed E-state index contributed by atoms with van der Waals surface area (Å²) in [5.74, 6) is -1.49. The van der Waals surface area contributed by atoms with E-state index < -0.39 is 29.6 Å². The number of nitrogens with zero attached hydrogens (tertiary/aromatic N) is 1. The summed E-state index contributed by atoms with van der Waals surface area (Å²) in [6, 6.07) is 9.34. The lowest BCUT2D eigenvalue weighted by molar-refractivity contribution is -0.200. The quantitative estimate of drug-likeness (QED) is 0.589. The highest BCUT2D eigenvalue weighted by Crippen LogP contribution is 2.53. The van der Waals surface area contributed by atoms with Gasteiger partial charge in [-0.25, -0.2) is 0 Å². The van der Waals surface area contributed by atoms with E-state index in [4.69, 9.17) is 14.2 Å². The first-order valence-electron chi connectivity index (χ1n) is 9.16. The molecule has 1 aromatic carbocycles. The van der Waals surface area contributed by atoms with E-state index in [9.17, 15) is 14.4 Å². The highest BCUT2D eigenvalue weighted by Gasteiger charge is 2.68. The van der Waals surface area contributed by atoms with Gasteiger partial charge in [0.1, 0.15) is 12.0 Å². The molecule has 0 bridgehead atoms. The average Bonchev–Trinajstić information content (AvgIpc) is 3.11. The van der Waals surface area contributed by atoms with Crippen LogP contribution in [0.15, 0.2) is 30.3 Å². The molecule has 144 valence electrons. The number of Topliss-reactive ketones (excluding diaryl/α,β-unsaturated/α-hetero) is 1. The Bertz CT molecular complexity index is 765. The molecule has 1 saturated carbocycles. The van der Waals surface area contributed by atoms with Gasteiger partial charge in [-0.1, -0.05) is 30.3 Å². The number of ketones is 1. The molecule has 2 heterocycles. The van der Waals surface area contributed by atoms with Gasteiger partial charge >= 0.3 is 5.97 Å². The molecule has 0 N–H and O–H groups in total. The predicted molar refractivity (Wildman–Crippen MR) is 93.4 cm³/mol. The Morgan fingerprint density at radius 1 is 1.19 bits per heavy atom. The van der Waals surface area contributed by atoms with Gasteiger partial charge in [0.15, 0.2) is 5.41 Å². The number of rotatable bonds is 3. The Kier molecular flexibility index (Phi) is 4.52. The molecule has 3 aliphatic rings. The first-order chi connectivity index (χ1) is 13.0. The number of piperidine rings is 1. The summed E-state index contributed by atoms with van der Waals surface area (Å²) < 4.78 is 16.5. The van der Waals surface area contributed by atoms with Crippen LogP contribution in [0.3, 0.4) is 0 Å². The fourth-order valence-electron chi connectivity index (χ4n) is 4.96. The SMILES string of the molecule is COC(=O)[C@@]12C(=O)N3[C@H](C[C@@H]1CC(=O)CC2OC)OC[C@H]3c1ccccc1. The molecule has 3 fully saturated rings. The summed E-state index contributed by atoms with van der Waals surface area (Å²) in [6.07, 6.45) is -0.681. The zero-order valence-corrected chi connectivity index (χ0v) is 15.4. The molecular weight excluding hydrogens is 350 g/mol. The number of benzene rings is 1. The molecule has 0 spiro atoms. The Hall–Kier alpha value is -2.25. The predicted octanol–water partition coefficient (Wildman–Crippen LogP) is 1.47. The second-order valence-corrected chi connectivity index (χ2v) is 7.39. The zero-order chi connectivity index (χ0) is 19.2. The monoisotopic (exact) mass is 373 g/mol. The molecular formula is C20H23NO6. The van der Waals surface area contributed by atoms with Crippen molar-refractivity contribution in [3.05, 3.63) is 35.9 Å². The average molecular weight is 373 g/mol. The van der Waals surface area contributed by atoms with E-state index in [0.29, 0.717) is 13.0 Å². The zero-order valence-electron chi connectivity index (χ0n) is 15.4. The first-order valence-corrected chi connectivity index (χ1v) is 9.16. The van der Waals surface area contributed by atoms with Crippen molar-refractivity contribution < 1.29 is 28.6 Å². The number of carbonyl (C=O) groups excluding carboxylic acids is 3. The van der Waals surface area contributed by atoms with Crippen LogP contribution in [0, 0.1) is 11.3 Å². The lowest BCUT2D eigenvalue weighted by Crippen LogP contribution is -2.67. The molecule has 0 radical (unpaired) electrons. The van der Waals surface area contributed by atoms with Crippen LogP contribution in [0.2, 0.25) is 0 Å². The number of esters is 1. The maximum Gasteiger partial charge on any atom is 0.324 e. The summed E-state index contributed by atoms with van der Waals surface area (Å²) >= 11 is 0. The van der Waals surface area contributed by atoms with Gasteiger partial charge in [0.25, 0.3) is 0 Å². The van der Waals surface area contributed by atoms with Crippen LogP contribution in [0.4, 0.5) is 0 Å². The van der Waals surface area contributed by atoms with E-state index >= 15 is 0 Å². The number of fused-ring (bicyclic) bond motifs is 2. The van der Waals surface area contributed by atoms with Gasteiger partial charge in [-0.2, -0.15) is 0 Å². The highest BCUT2D eigenvalue weighted by atomic mass is 16.5. The van der Waals surface area contributed by atoms with Gasteiger partial charge in [0.05, 0.1) is 25.9 Å². The van der Waals surface area contributed by atoms with E-state index in [0.717, 1.165) is 5.56 Å². The van der Waals surface area contributed by atoms with E-state index in [1.54, 1.807) is 4.90 Å². The number of ether oxygens (including phenoxy) is 3. The van der Waals surface area contributed by atoms with Crippen molar-refractivity contribution in [1.29, 1.82) is 0 Å². The van der Waals surface area contributed by atoms with Gasteiger partial charge in [-0.3, -0.25) is 14.4 Å². The summed E-state index contributed by atoms with van der Waals surface area (Å²) in [4.78, 5) is 40.6. The third-order valence-corrected chi connectivity index (χ3v) is 6.20. The standard InChI is InChI=1S/C20H23NO6/c1-25-16-10-14(22)8-13-9-17-21(18(23)20(13,16)19(24)26-2)15(11-27-17)12-6-4-3-5-7-12/h3-7,13,15-17H,8-11H2,1-2H3/t13-,15-,16?,17-,20-/m0/s1. The van der Waals surface area contributed by atoms with Crippen molar-refractivity contribution >= 4 is 17.7 Å². The molecule has 1 aromatic rings. The summed E-state index contributed by atoms with van der Waals surface area (Å²) in [6.45, 7) is 0.357. The topological polar surface area (TPSA) is 82.1 Å². The van der Waals surface area contributed by atoms with Crippen LogP contribution >= 0.6 is 0 Å².